The fourth-order valence-electron chi connectivity index (χ4n) is 0.693. The first-order chi connectivity index (χ1) is 4.70. The van der Waals surface area contributed by atoms with Crippen molar-refractivity contribution in [2.45, 2.75) is 6.23 Å². The summed E-state index contributed by atoms with van der Waals surface area (Å²) in [6.07, 6.45) is -0.902. The number of benzene rings is 1. The van der Waals surface area contributed by atoms with E-state index in [2.05, 4.69) is 0 Å². The van der Waals surface area contributed by atoms with Crippen molar-refractivity contribution in [3.8, 4) is 0 Å². The zero-order chi connectivity index (χ0) is 7.56. The van der Waals surface area contributed by atoms with Crippen LogP contribution in [-0.4, -0.2) is 5.11 Å². The summed E-state index contributed by atoms with van der Waals surface area (Å²) < 4.78 is 0. The molecular formula is C7H10N2O. The highest BCUT2D eigenvalue weighted by molar-refractivity contribution is 5.39. The van der Waals surface area contributed by atoms with Gasteiger partial charge in [0.2, 0.25) is 0 Å². The lowest BCUT2D eigenvalue weighted by molar-refractivity contribution is 0.186. The van der Waals surface area contributed by atoms with Gasteiger partial charge in [0.1, 0.15) is 6.23 Å². The van der Waals surface area contributed by atoms with Gasteiger partial charge in [-0.1, -0.05) is 12.1 Å². The molecule has 1 rings (SSSR count). The molecule has 0 spiro atoms. The van der Waals surface area contributed by atoms with E-state index in [9.17, 15) is 0 Å². The number of aliphatic hydroxyl groups excluding tert-OH is 1. The summed E-state index contributed by atoms with van der Waals surface area (Å²) in [7, 11) is 0. The summed E-state index contributed by atoms with van der Waals surface area (Å²) in [4.78, 5) is 0. The van der Waals surface area contributed by atoms with Gasteiger partial charge in [0.25, 0.3) is 0 Å². The van der Waals surface area contributed by atoms with E-state index in [1.807, 2.05) is 0 Å². The first-order valence-electron chi connectivity index (χ1n) is 2.99. The van der Waals surface area contributed by atoms with Crippen LogP contribution in [0.4, 0.5) is 5.69 Å². The van der Waals surface area contributed by atoms with Gasteiger partial charge in [0.15, 0.2) is 0 Å². The van der Waals surface area contributed by atoms with Gasteiger partial charge in [0.05, 0.1) is 0 Å². The highest BCUT2D eigenvalue weighted by Gasteiger charge is 1.97. The minimum atomic E-state index is -0.902. The van der Waals surface area contributed by atoms with Crippen LogP contribution in [0.3, 0.4) is 0 Å². The summed E-state index contributed by atoms with van der Waals surface area (Å²) in [5.74, 6) is 0. The third kappa shape index (κ3) is 1.46. The third-order valence-corrected chi connectivity index (χ3v) is 1.28. The number of aliphatic hydroxyl groups is 1. The van der Waals surface area contributed by atoms with E-state index in [1.54, 1.807) is 24.3 Å². The van der Waals surface area contributed by atoms with Gasteiger partial charge < -0.3 is 16.6 Å². The minimum Gasteiger partial charge on any atom is -0.399 e. The van der Waals surface area contributed by atoms with Gasteiger partial charge in [0, 0.05) is 5.69 Å². The Labute approximate surface area is 59.3 Å². The van der Waals surface area contributed by atoms with Gasteiger partial charge in [-0.2, -0.15) is 0 Å². The van der Waals surface area contributed by atoms with Gasteiger partial charge in [-0.3, -0.25) is 0 Å². The Hall–Kier alpha value is -1.06. The lowest BCUT2D eigenvalue weighted by Gasteiger charge is -2.03. The fourth-order valence-corrected chi connectivity index (χ4v) is 0.693. The van der Waals surface area contributed by atoms with E-state index in [0.29, 0.717) is 11.3 Å². The summed E-state index contributed by atoms with van der Waals surface area (Å²) in [5, 5.41) is 8.85. The first-order valence-corrected chi connectivity index (χ1v) is 2.99. The predicted octanol–water partition coefficient (Wildman–Crippen LogP) is 0.218. The zero-order valence-corrected chi connectivity index (χ0v) is 5.49. The van der Waals surface area contributed by atoms with Crippen LogP contribution in [-0.2, 0) is 0 Å². The van der Waals surface area contributed by atoms with Gasteiger partial charge in [-0.25, -0.2) is 0 Å². The van der Waals surface area contributed by atoms with Crippen LogP contribution >= 0.6 is 0 Å². The molecule has 54 valence electrons. The summed E-state index contributed by atoms with van der Waals surface area (Å²) in [5.41, 5.74) is 11.9. The highest BCUT2D eigenvalue weighted by atomic mass is 16.3. The molecular weight excluding hydrogens is 128 g/mol. The van der Waals surface area contributed by atoms with E-state index in [1.165, 1.54) is 0 Å². The van der Waals surface area contributed by atoms with Crippen molar-refractivity contribution in [1.29, 1.82) is 0 Å². The maximum atomic E-state index is 8.85. The molecule has 0 aliphatic heterocycles. The Morgan fingerprint density at radius 3 is 2.10 bits per heavy atom. The number of nitrogens with two attached hydrogens (primary N) is 2. The van der Waals surface area contributed by atoms with Crippen molar-refractivity contribution in [3.63, 3.8) is 0 Å². The second-order valence-corrected chi connectivity index (χ2v) is 2.11. The van der Waals surface area contributed by atoms with Crippen LogP contribution in [0.5, 0.6) is 0 Å². The molecule has 0 saturated heterocycles. The van der Waals surface area contributed by atoms with Gasteiger partial charge in [-0.05, 0) is 17.7 Å². The molecule has 3 heteroatoms. The molecule has 0 fully saturated rings. The van der Waals surface area contributed by atoms with Crippen LogP contribution < -0.4 is 11.5 Å². The number of hydrogen-bond acceptors (Lipinski definition) is 3. The highest BCUT2D eigenvalue weighted by Crippen LogP contribution is 2.09. The number of rotatable bonds is 1. The van der Waals surface area contributed by atoms with Crippen LogP contribution in [0.25, 0.3) is 0 Å². The molecule has 1 unspecified atom stereocenters. The Morgan fingerprint density at radius 2 is 1.70 bits per heavy atom. The van der Waals surface area contributed by atoms with Crippen molar-refractivity contribution >= 4 is 5.69 Å². The normalized spacial score (nSPS) is 13.0. The molecule has 0 amide bonds. The Bertz CT molecular complexity index is 205. The van der Waals surface area contributed by atoms with E-state index in [4.69, 9.17) is 16.6 Å². The average molecular weight is 138 g/mol. The van der Waals surface area contributed by atoms with E-state index < -0.39 is 6.23 Å². The molecule has 1 aromatic carbocycles. The Kier molecular flexibility index (Phi) is 1.89. The summed E-state index contributed by atoms with van der Waals surface area (Å²) in [6.45, 7) is 0. The number of nitrogen functional groups attached to an aromatic ring is 1. The van der Waals surface area contributed by atoms with Crippen molar-refractivity contribution in [1.82, 2.24) is 0 Å². The predicted molar refractivity (Wildman–Crippen MR) is 40.0 cm³/mol. The Balaban J connectivity index is 2.89. The second-order valence-electron chi connectivity index (χ2n) is 2.11. The summed E-state index contributed by atoms with van der Waals surface area (Å²) >= 11 is 0. The average Bonchev–Trinajstić information content (AvgIpc) is 1.88. The van der Waals surface area contributed by atoms with Crippen molar-refractivity contribution in [2.24, 2.45) is 5.73 Å². The SMILES string of the molecule is Nc1ccc(C(N)O)cc1. The smallest absolute Gasteiger partial charge is 0.128 e. The fraction of sp³-hybridized carbons (Fsp3) is 0.143. The van der Waals surface area contributed by atoms with Crippen molar-refractivity contribution in [3.05, 3.63) is 29.8 Å². The van der Waals surface area contributed by atoms with Crippen LogP contribution in [0.1, 0.15) is 11.8 Å². The van der Waals surface area contributed by atoms with Crippen molar-refractivity contribution < 1.29 is 5.11 Å². The van der Waals surface area contributed by atoms with Gasteiger partial charge >= 0.3 is 0 Å². The van der Waals surface area contributed by atoms with E-state index in [0.717, 1.165) is 0 Å². The molecule has 0 bridgehead atoms. The van der Waals surface area contributed by atoms with Crippen LogP contribution in [0.15, 0.2) is 24.3 Å². The molecule has 1 atom stereocenters. The number of anilines is 1. The minimum absolute atomic E-state index is 0.671. The molecule has 1 aromatic rings. The lowest BCUT2D eigenvalue weighted by atomic mass is 10.2. The van der Waals surface area contributed by atoms with Gasteiger partial charge in [-0.15, -0.1) is 0 Å². The Morgan fingerprint density at radius 1 is 1.20 bits per heavy atom. The van der Waals surface area contributed by atoms with Crippen LogP contribution in [0.2, 0.25) is 0 Å². The lowest BCUT2D eigenvalue weighted by Crippen LogP contribution is -2.07. The molecule has 10 heavy (non-hydrogen) atoms. The third-order valence-electron chi connectivity index (χ3n) is 1.28. The monoisotopic (exact) mass is 138 g/mol. The standard InChI is InChI=1S/C7H10N2O/c8-6-3-1-5(2-4-6)7(9)10/h1-4,7,10H,8-9H2. The van der Waals surface area contributed by atoms with E-state index in [-0.39, 0.29) is 0 Å². The quantitative estimate of drug-likeness (QED) is 0.384. The van der Waals surface area contributed by atoms with Crippen molar-refractivity contribution in [2.75, 3.05) is 5.73 Å². The topological polar surface area (TPSA) is 72.3 Å². The molecule has 0 heterocycles. The maximum absolute atomic E-state index is 8.85. The maximum Gasteiger partial charge on any atom is 0.128 e. The molecule has 0 radical (unpaired) electrons. The summed E-state index contributed by atoms with van der Waals surface area (Å²) in [6, 6.07) is 6.79. The molecule has 0 aromatic heterocycles. The first kappa shape index (κ1) is 7.05. The molecule has 0 aliphatic carbocycles. The number of hydrogen-bond donors (Lipinski definition) is 3. The van der Waals surface area contributed by atoms with Crippen LogP contribution in [0, 0.1) is 0 Å². The molecule has 5 N–H and O–H groups in total. The van der Waals surface area contributed by atoms with E-state index >= 15 is 0 Å². The molecule has 0 aliphatic rings. The molecule has 0 saturated carbocycles. The zero-order valence-electron chi connectivity index (χ0n) is 5.49. The molecule has 3 nitrogen and oxygen atoms in total. The largest absolute Gasteiger partial charge is 0.399 e. The second kappa shape index (κ2) is 2.68.